The SMILES string of the molecule is Cc1ccccc1N(CC(=O)NC(c1ccccc1)c1ccccn1)S(C)(=O)=O. The average Bonchev–Trinajstić information content (AvgIpc) is 2.71. The number of anilines is 1. The van der Waals surface area contributed by atoms with Crippen LogP contribution in [0.5, 0.6) is 0 Å². The van der Waals surface area contributed by atoms with Crippen molar-refractivity contribution in [3.63, 3.8) is 0 Å². The van der Waals surface area contributed by atoms with Crippen LogP contribution in [0.1, 0.15) is 22.9 Å². The molecule has 1 N–H and O–H groups in total. The highest BCUT2D eigenvalue weighted by atomic mass is 32.2. The Morgan fingerprint density at radius 2 is 1.66 bits per heavy atom. The number of aromatic nitrogens is 1. The van der Waals surface area contributed by atoms with Crippen LogP contribution >= 0.6 is 0 Å². The Balaban J connectivity index is 1.88. The molecule has 0 spiro atoms. The van der Waals surface area contributed by atoms with E-state index in [4.69, 9.17) is 0 Å². The summed E-state index contributed by atoms with van der Waals surface area (Å²) in [6.07, 6.45) is 2.76. The molecule has 1 aromatic heterocycles. The third kappa shape index (κ3) is 5.20. The number of carbonyl (C=O) groups is 1. The van der Waals surface area contributed by atoms with Crippen molar-refractivity contribution in [2.24, 2.45) is 0 Å². The first kappa shape index (κ1) is 20.5. The van der Waals surface area contributed by atoms with E-state index in [1.54, 1.807) is 24.4 Å². The number of carbonyl (C=O) groups excluding carboxylic acids is 1. The lowest BCUT2D eigenvalue weighted by molar-refractivity contribution is -0.120. The summed E-state index contributed by atoms with van der Waals surface area (Å²) in [4.78, 5) is 17.3. The molecule has 1 heterocycles. The molecular weight excluding hydrogens is 386 g/mol. The van der Waals surface area contributed by atoms with Crippen molar-refractivity contribution >= 4 is 21.6 Å². The molecule has 0 saturated heterocycles. The van der Waals surface area contributed by atoms with Gasteiger partial charge in [-0.15, -0.1) is 0 Å². The summed E-state index contributed by atoms with van der Waals surface area (Å²) in [5.41, 5.74) is 2.80. The Bertz CT molecular complexity index is 1030. The van der Waals surface area contributed by atoms with Gasteiger partial charge < -0.3 is 5.32 Å². The summed E-state index contributed by atoms with van der Waals surface area (Å²) in [5, 5.41) is 2.93. The zero-order valence-electron chi connectivity index (χ0n) is 16.3. The summed E-state index contributed by atoms with van der Waals surface area (Å²) in [6, 6.07) is 21.5. The Morgan fingerprint density at radius 3 is 2.28 bits per heavy atom. The molecule has 29 heavy (non-hydrogen) atoms. The molecule has 1 unspecified atom stereocenters. The van der Waals surface area contributed by atoms with Crippen LogP contribution in [0.2, 0.25) is 0 Å². The fourth-order valence-electron chi connectivity index (χ4n) is 3.08. The number of amides is 1. The molecule has 3 rings (SSSR count). The molecule has 3 aromatic rings. The molecule has 0 aliphatic heterocycles. The number of para-hydroxylation sites is 1. The van der Waals surface area contributed by atoms with E-state index < -0.39 is 22.0 Å². The van der Waals surface area contributed by atoms with Crippen LogP contribution in [0.25, 0.3) is 0 Å². The zero-order valence-corrected chi connectivity index (χ0v) is 17.1. The van der Waals surface area contributed by atoms with Gasteiger partial charge in [-0.1, -0.05) is 54.6 Å². The highest BCUT2D eigenvalue weighted by Gasteiger charge is 2.24. The molecule has 0 aliphatic rings. The topological polar surface area (TPSA) is 79.4 Å². The maximum absolute atomic E-state index is 12.9. The van der Waals surface area contributed by atoms with Crippen molar-refractivity contribution in [2.75, 3.05) is 17.1 Å². The molecule has 2 aromatic carbocycles. The second-order valence-corrected chi connectivity index (χ2v) is 8.63. The van der Waals surface area contributed by atoms with Crippen LogP contribution < -0.4 is 9.62 Å². The van der Waals surface area contributed by atoms with Gasteiger partial charge in [0, 0.05) is 6.20 Å². The molecule has 0 bridgehead atoms. The van der Waals surface area contributed by atoms with Gasteiger partial charge in [-0.25, -0.2) is 8.42 Å². The maximum atomic E-state index is 12.9. The average molecular weight is 410 g/mol. The van der Waals surface area contributed by atoms with E-state index in [1.165, 1.54) is 0 Å². The Morgan fingerprint density at radius 1 is 1.00 bits per heavy atom. The number of sulfonamides is 1. The standard InChI is InChI=1S/C22H23N3O3S/c1-17-10-6-7-14-20(17)25(29(2,27)28)16-21(26)24-22(18-11-4-3-5-12-18)19-13-8-9-15-23-19/h3-15,22H,16H2,1-2H3,(H,24,26). The van der Waals surface area contributed by atoms with Gasteiger partial charge in [0.25, 0.3) is 0 Å². The van der Waals surface area contributed by atoms with Crippen molar-refractivity contribution in [3.05, 3.63) is 95.8 Å². The minimum atomic E-state index is -3.64. The summed E-state index contributed by atoms with van der Waals surface area (Å²) in [5.74, 6) is -0.418. The third-order valence-corrected chi connectivity index (χ3v) is 5.62. The third-order valence-electron chi connectivity index (χ3n) is 4.49. The molecule has 150 valence electrons. The van der Waals surface area contributed by atoms with E-state index in [2.05, 4.69) is 10.3 Å². The minimum Gasteiger partial charge on any atom is -0.342 e. The lowest BCUT2D eigenvalue weighted by Crippen LogP contribution is -2.42. The predicted octanol–water partition coefficient (Wildman–Crippen LogP) is 3.06. The minimum absolute atomic E-state index is 0.320. The first-order chi connectivity index (χ1) is 13.9. The highest BCUT2D eigenvalue weighted by Crippen LogP contribution is 2.23. The van der Waals surface area contributed by atoms with Crippen LogP contribution in [-0.4, -0.2) is 32.1 Å². The summed E-state index contributed by atoms with van der Waals surface area (Å²) in [6.45, 7) is 1.49. The zero-order chi connectivity index (χ0) is 20.9. The van der Waals surface area contributed by atoms with Gasteiger partial charge in [0.1, 0.15) is 6.54 Å². The first-order valence-electron chi connectivity index (χ1n) is 9.15. The number of aryl methyl sites for hydroxylation is 1. The molecule has 0 saturated carbocycles. The monoisotopic (exact) mass is 409 g/mol. The van der Waals surface area contributed by atoms with Crippen LogP contribution in [0, 0.1) is 6.92 Å². The quantitative estimate of drug-likeness (QED) is 0.650. The highest BCUT2D eigenvalue weighted by molar-refractivity contribution is 7.92. The van der Waals surface area contributed by atoms with Gasteiger partial charge in [-0.05, 0) is 36.2 Å². The number of hydrogen-bond acceptors (Lipinski definition) is 4. The van der Waals surface area contributed by atoms with Crippen LogP contribution in [0.3, 0.4) is 0 Å². The van der Waals surface area contributed by atoms with Crippen molar-refractivity contribution in [1.29, 1.82) is 0 Å². The molecule has 1 atom stereocenters. The Hall–Kier alpha value is -3.19. The number of nitrogens with zero attached hydrogens (tertiary/aromatic N) is 2. The van der Waals surface area contributed by atoms with E-state index in [-0.39, 0.29) is 6.54 Å². The molecule has 0 aliphatic carbocycles. The maximum Gasteiger partial charge on any atom is 0.241 e. The summed E-state index contributed by atoms with van der Waals surface area (Å²) in [7, 11) is -3.64. The molecule has 7 heteroatoms. The van der Waals surface area contributed by atoms with Crippen LogP contribution in [-0.2, 0) is 14.8 Å². The van der Waals surface area contributed by atoms with E-state index >= 15 is 0 Å². The second-order valence-electron chi connectivity index (χ2n) is 6.72. The van der Waals surface area contributed by atoms with Crippen molar-refractivity contribution in [3.8, 4) is 0 Å². The van der Waals surface area contributed by atoms with Crippen molar-refractivity contribution in [1.82, 2.24) is 10.3 Å². The van der Waals surface area contributed by atoms with Crippen molar-refractivity contribution < 1.29 is 13.2 Å². The number of rotatable bonds is 7. The van der Waals surface area contributed by atoms with Crippen LogP contribution in [0.4, 0.5) is 5.69 Å². The first-order valence-corrected chi connectivity index (χ1v) is 11.0. The van der Waals surface area contributed by atoms with Crippen LogP contribution in [0.15, 0.2) is 79.0 Å². The Kier molecular flexibility index (Phi) is 6.29. The van der Waals surface area contributed by atoms with Gasteiger partial charge in [-0.3, -0.25) is 14.1 Å². The fraction of sp³-hybridized carbons (Fsp3) is 0.182. The summed E-state index contributed by atoms with van der Waals surface area (Å²) >= 11 is 0. The van der Waals surface area contributed by atoms with E-state index in [9.17, 15) is 13.2 Å². The number of hydrogen-bond donors (Lipinski definition) is 1. The van der Waals surface area contributed by atoms with E-state index in [0.29, 0.717) is 11.4 Å². The molecule has 6 nitrogen and oxygen atoms in total. The van der Waals surface area contributed by atoms with Gasteiger partial charge in [-0.2, -0.15) is 0 Å². The lowest BCUT2D eigenvalue weighted by atomic mass is 10.0. The normalized spacial score (nSPS) is 12.2. The second kappa shape index (κ2) is 8.87. The van der Waals surface area contributed by atoms with Gasteiger partial charge in [0.05, 0.1) is 23.7 Å². The smallest absolute Gasteiger partial charge is 0.241 e. The van der Waals surface area contributed by atoms with Gasteiger partial charge in [0.15, 0.2) is 0 Å². The largest absolute Gasteiger partial charge is 0.342 e. The molecule has 0 radical (unpaired) electrons. The Labute approximate surface area is 171 Å². The number of pyridine rings is 1. The van der Waals surface area contributed by atoms with Crippen molar-refractivity contribution in [2.45, 2.75) is 13.0 Å². The predicted molar refractivity (Wildman–Crippen MR) is 114 cm³/mol. The lowest BCUT2D eigenvalue weighted by Gasteiger charge is -2.25. The van der Waals surface area contributed by atoms with E-state index in [1.807, 2.05) is 61.5 Å². The summed E-state index contributed by atoms with van der Waals surface area (Å²) < 4.78 is 25.9. The van der Waals surface area contributed by atoms with Gasteiger partial charge >= 0.3 is 0 Å². The fourth-order valence-corrected chi connectivity index (χ4v) is 4.00. The van der Waals surface area contributed by atoms with E-state index in [0.717, 1.165) is 21.7 Å². The number of nitrogens with one attached hydrogen (secondary N) is 1. The molecule has 1 amide bonds. The molecular formula is C22H23N3O3S. The molecule has 0 fully saturated rings. The van der Waals surface area contributed by atoms with Gasteiger partial charge in [0.2, 0.25) is 15.9 Å². The number of benzene rings is 2.